The van der Waals surface area contributed by atoms with Crippen LogP contribution in [0.3, 0.4) is 0 Å². The Kier molecular flexibility index (Phi) is 3.74. The minimum absolute atomic E-state index is 0.0597. The van der Waals surface area contributed by atoms with E-state index in [9.17, 15) is 4.79 Å². The zero-order valence-electron chi connectivity index (χ0n) is 8.64. The molecule has 78 valence electrons. The number of rotatable bonds is 3. The molecule has 0 saturated carbocycles. The Hall–Kier alpha value is -1.97. The summed E-state index contributed by atoms with van der Waals surface area (Å²) in [7, 11) is 0. The SMILES string of the molecule is CC(=O)C(C=Nc1ccc(C)cc1)=NO. The highest BCUT2D eigenvalue weighted by Crippen LogP contribution is 2.11. The van der Waals surface area contributed by atoms with Crippen molar-refractivity contribution >= 4 is 23.4 Å². The average molecular weight is 204 g/mol. The molecule has 0 bridgehead atoms. The van der Waals surface area contributed by atoms with E-state index in [4.69, 9.17) is 5.21 Å². The molecule has 0 heterocycles. The standard InChI is InChI=1S/C11H12N2O2/c1-8-3-5-10(6-4-8)12-7-11(13-15)9(2)14/h3-7,15H,1-2H3. The van der Waals surface area contributed by atoms with E-state index in [1.807, 2.05) is 31.2 Å². The molecule has 4 heteroatoms. The molecule has 1 aromatic carbocycles. The van der Waals surface area contributed by atoms with E-state index in [-0.39, 0.29) is 11.5 Å². The van der Waals surface area contributed by atoms with Gasteiger partial charge in [0.05, 0.1) is 11.9 Å². The van der Waals surface area contributed by atoms with Crippen LogP contribution in [0.4, 0.5) is 5.69 Å². The summed E-state index contributed by atoms with van der Waals surface area (Å²) in [6.45, 7) is 3.29. The van der Waals surface area contributed by atoms with Crippen molar-refractivity contribution in [2.75, 3.05) is 0 Å². The number of nitrogens with zero attached hydrogens (tertiary/aromatic N) is 2. The molecular formula is C11H12N2O2. The van der Waals surface area contributed by atoms with Crippen LogP contribution in [0.15, 0.2) is 34.4 Å². The molecule has 0 aliphatic rings. The molecule has 0 fully saturated rings. The summed E-state index contributed by atoms with van der Waals surface area (Å²) in [5.41, 5.74) is 1.79. The third kappa shape index (κ3) is 3.34. The lowest BCUT2D eigenvalue weighted by Crippen LogP contribution is -2.10. The van der Waals surface area contributed by atoms with Gasteiger partial charge in [0.25, 0.3) is 0 Å². The number of carbonyl (C=O) groups excluding carboxylic acids is 1. The Morgan fingerprint density at radius 3 is 2.40 bits per heavy atom. The van der Waals surface area contributed by atoms with Crippen molar-refractivity contribution in [1.29, 1.82) is 0 Å². The average Bonchev–Trinajstić information content (AvgIpc) is 2.21. The Balaban J connectivity index is 2.81. The number of hydrogen-bond acceptors (Lipinski definition) is 4. The lowest BCUT2D eigenvalue weighted by molar-refractivity contribution is -0.111. The summed E-state index contributed by atoms with van der Waals surface area (Å²) in [5, 5.41) is 11.3. The second kappa shape index (κ2) is 5.05. The smallest absolute Gasteiger partial charge is 0.183 e. The van der Waals surface area contributed by atoms with E-state index < -0.39 is 0 Å². The van der Waals surface area contributed by atoms with Crippen molar-refractivity contribution in [1.82, 2.24) is 0 Å². The molecule has 0 amide bonds. The van der Waals surface area contributed by atoms with Gasteiger partial charge in [-0.25, -0.2) is 0 Å². The molecule has 0 aliphatic carbocycles. The topological polar surface area (TPSA) is 62.0 Å². The number of carbonyl (C=O) groups is 1. The molecule has 0 spiro atoms. The molecule has 0 saturated heterocycles. The fourth-order valence-corrected chi connectivity index (χ4v) is 0.954. The van der Waals surface area contributed by atoms with Gasteiger partial charge in [-0.2, -0.15) is 0 Å². The first-order valence-electron chi connectivity index (χ1n) is 4.47. The first-order valence-corrected chi connectivity index (χ1v) is 4.47. The first kappa shape index (κ1) is 11.1. The second-order valence-electron chi connectivity index (χ2n) is 3.14. The van der Waals surface area contributed by atoms with Gasteiger partial charge in [-0.1, -0.05) is 22.9 Å². The minimum Gasteiger partial charge on any atom is -0.410 e. The van der Waals surface area contributed by atoms with E-state index in [2.05, 4.69) is 10.1 Å². The van der Waals surface area contributed by atoms with Gasteiger partial charge in [-0.15, -0.1) is 0 Å². The summed E-state index contributed by atoms with van der Waals surface area (Å²) in [6, 6.07) is 7.47. The van der Waals surface area contributed by atoms with Crippen molar-refractivity contribution < 1.29 is 10.0 Å². The van der Waals surface area contributed by atoms with Gasteiger partial charge in [0.1, 0.15) is 0 Å². The van der Waals surface area contributed by atoms with Crippen LogP contribution in [0.25, 0.3) is 0 Å². The quantitative estimate of drug-likeness (QED) is 0.465. The Morgan fingerprint density at radius 2 is 1.93 bits per heavy atom. The lowest BCUT2D eigenvalue weighted by Gasteiger charge is -1.94. The number of Topliss-reactive ketones (excluding diaryl/α,β-unsaturated/α-hetero) is 1. The van der Waals surface area contributed by atoms with Crippen molar-refractivity contribution in [3.63, 3.8) is 0 Å². The highest BCUT2D eigenvalue weighted by atomic mass is 16.4. The monoisotopic (exact) mass is 204 g/mol. The summed E-state index contributed by atoms with van der Waals surface area (Å²) >= 11 is 0. The van der Waals surface area contributed by atoms with E-state index in [0.29, 0.717) is 5.69 Å². The van der Waals surface area contributed by atoms with E-state index in [1.54, 1.807) is 0 Å². The zero-order chi connectivity index (χ0) is 11.3. The third-order valence-electron chi connectivity index (χ3n) is 1.84. The predicted molar refractivity (Wildman–Crippen MR) is 59.2 cm³/mol. The molecule has 0 unspecified atom stereocenters. The molecule has 0 atom stereocenters. The molecule has 0 aromatic heterocycles. The molecule has 1 aromatic rings. The number of aryl methyl sites for hydroxylation is 1. The van der Waals surface area contributed by atoms with E-state index in [1.165, 1.54) is 13.1 Å². The summed E-state index contributed by atoms with van der Waals surface area (Å²) in [4.78, 5) is 14.9. The van der Waals surface area contributed by atoms with E-state index >= 15 is 0 Å². The Morgan fingerprint density at radius 1 is 1.33 bits per heavy atom. The van der Waals surface area contributed by atoms with Gasteiger partial charge < -0.3 is 5.21 Å². The molecule has 15 heavy (non-hydrogen) atoms. The maximum absolute atomic E-state index is 10.9. The van der Waals surface area contributed by atoms with Crippen molar-refractivity contribution in [2.24, 2.45) is 10.1 Å². The fraction of sp³-hybridized carbons (Fsp3) is 0.182. The van der Waals surface area contributed by atoms with Crippen molar-refractivity contribution in [3.05, 3.63) is 29.8 Å². The van der Waals surface area contributed by atoms with Gasteiger partial charge in [-0.05, 0) is 19.1 Å². The lowest BCUT2D eigenvalue weighted by atomic mass is 10.2. The van der Waals surface area contributed by atoms with Crippen LogP contribution in [0, 0.1) is 6.92 Å². The van der Waals surface area contributed by atoms with Crippen LogP contribution in [-0.2, 0) is 4.79 Å². The van der Waals surface area contributed by atoms with Gasteiger partial charge in [-0.3, -0.25) is 9.79 Å². The number of ketones is 1. The largest absolute Gasteiger partial charge is 0.410 e. The van der Waals surface area contributed by atoms with Gasteiger partial charge in [0, 0.05) is 6.92 Å². The molecule has 1 rings (SSSR count). The highest BCUT2D eigenvalue weighted by Gasteiger charge is 2.01. The normalized spacial score (nSPS) is 12.0. The Labute approximate surface area is 88.0 Å². The number of aliphatic imine (C=N–C) groups is 1. The zero-order valence-corrected chi connectivity index (χ0v) is 8.64. The summed E-state index contributed by atoms with van der Waals surface area (Å²) in [5.74, 6) is -0.326. The third-order valence-corrected chi connectivity index (χ3v) is 1.84. The second-order valence-corrected chi connectivity index (χ2v) is 3.14. The summed E-state index contributed by atoms with van der Waals surface area (Å²) in [6.07, 6.45) is 1.24. The van der Waals surface area contributed by atoms with Crippen LogP contribution in [-0.4, -0.2) is 22.9 Å². The molecule has 4 nitrogen and oxygen atoms in total. The van der Waals surface area contributed by atoms with Gasteiger partial charge in [0.15, 0.2) is 11.5 Å². The molecule has 0 aliphatic heterocycles. The van der Waals surface area contributed by atoms with Crippen LogP contribution >= 0.6 is 0 Å². The first-order chi connectivity index (χ1) is 7.13. The van der Waals surface area contributed by atoms with Gasteiger partial charge in [0.2, 0.25) is 0 Å². The Bertz CT molecular complexity index is 405. The van der Waals surface area contributed by atoms with Gasteiger partial charge >= 0.3 is 0 Å². The molecule has 0 radical (unpaired) electrons. The number of hydrogen-bond donors (Lipinski definition) is 1. The van der Waals surface area contributed by atoms with Crippen LogP contribution in [0.2, 0.25) is 0 Å². The molecular weight excluding hydrogens is 192 g/mol. The van der Waals surface area contributed by atoms with Crippen molar-refractivity contribution in [3.8, 4) is 0 Å². The maximum Gasteiger partial charge on any atom is 0.183 e. The van der Waals surface area contributed by atoms with E-state index in [0.717, 1.165) is 5.56 Å². The van der Waals surface area contributed by atoms with Crippen LogP contribution in [0.1, 0.15) is 12.5 Å². The predicted octanol–water partition coefficient (Wildman–Crippen LogP) is 2.12. The maximum atomic E-state index is 10.9. The molecule has 1 N–H and O–H groups in total. The van der Waals surface area contributed by atoms with Crippen molar-refractivity contribution in [2.45, 2.75) is 13.8 Å². The fourth-order valence-electron chi connectivity index (χ4n) is 0.954. The van der Waals surface area contributed by atoms with Crippen LogP contribution in [0.5, 0.6) is 0 Å². The van der Waals surface area contributed by atoms with Crippen LogP contribution < -0.4 is 0 Å². The summed E-state index contributed by atoms with van der Waals surface area (Å²) < 4.78 is 0. The minimum atomic E-state index is -0.326. The highest BCUT2D eigenvalue weighted by molar-refractivity contribution is 6.60. The number of oxime groups is 1. The number of benzene rings is 1.